The molecule has 0 aromatic heterocycles. The van der Waals surface area contributed by atoms with E-state index in [0.29, 0.717) is 11.8 Å². The molecule has 2 fully saturated rings. The van der Waals surface area contributed by atoms with Crippen molar-refractivity contribution in [2.24, 2.45) is 5.92 Å². The second-order valence-corrected chi connectivity index (χ2v) is 19.9. The standard InChI is InChI=1S/C22H27ClOS.3ClH.Fe/c1-25(23,24)21-15-9-8-14-19(21)20(17-10-4-2-5-11-17)16-22(25)18-12-6-3-7-13-18;;;;/h2-7,10-13,19-22H,8-9,14-16H2,1H3;3*1H;/q;;;;+3/p-3. The minimum absolute atomic E-state index is 0.0653. The second-order valence-electron chi connectivity index (χ2n) is 8.15. The fraction of sp³-hybridized carbons (Fsp3) is 0.455. The third kappa shape index (κ3) is 5.55. The quantitative estimate of drug-likeness (QED) is 0.279. The van der Waals surface area contributed by atoms with Gasteiger partial charge in [0, 0.05) is 11.5 Å². The summed E-state index contributed by atoms with van der Waals surface area (Å²) in [7, 11) is 18.5. The molecule has 1 heterocycles. The van der Waals surface area contributed by atoms with Crippen molar-refractivity contribution in [2.75, 3.05) is 6.26 Å². The van der Waals surface area contributed by atoms with Crippen molar-refractivity contribution >= 4 is 49.3 Å². The molecule has 4 unspecified atom stereocenters. The fourth-order valence-corrected chi connectivity index (χ4v) is 10.3. The van der Waals surface area contributed by atoms with Gasteiger partial charge in [-0.1, -0.05) is 73.5 Å². The van der Waals surface area contributed by atoms with Crippen LogP contribution in [0.25, 0.3) is 0 Å². The van der Waals surface area contributed by atoms with Crippen molar-refractivity contribution in [3.05, 3.63) is 71.8 Å². The van der Waals surface area contributed by atoms with Crippen molar-refractivity contribution in [3.63, 3.8) is 0 Å². The molecule has 1 nitrogen and oxygen atoms in total. The van der Waals surface area contributed by atoms with Crippen LogP contribution in [0.3, 0.4) is 0 Å². The first-order valence-corrected chi connectivity index (χ1v) is 17.7. The Hall–Kier alpha value is 0.269. The van der Waals surface area contributed by atoms with Gasteiger partial charge in [-0.2, -0.15) is 0 Å². The van der Waals surface area contributed by atoms with Crippen molar-refractivity contribution in [1.82, 2.24) is 0 Å². The van der Waals surface area contributed by atoms with Crippen LogP contribution in [-0.2, 0) is 19.4 Å². The summed E-state index contributed by atoms with van der Waals surface area (Å²) in [5.74, 6) is 0.895. The van der Waals surface area contributed by atoms with Crippen LogP contribution in [0.5, 0.6) is 0 Å². The molecule has 1 aliphatic carbocycles. The van der Waals surface area contributed by atoms with E-state index >= 15 is 0 Å². The van der Waals surface area contributed by atoms with Gasteiger partial charge >= 0.3 is 41.5 Å². The van der Waals surface area contributed by atoms with Gasteiger partial charge in [-0.15, -0.1) is 0 Å². The van der Waals surface area contributed by atoms with Gasteiger partial charge in [-0.3, -0.25) is 4.21 Å². The Balaban J connectivity index is 0.000000552. The summed E-state index contributed by atoms with van der Waals surface area (Å²) in [6, 6.07) is 21.1. The van der Waals surface area contributed by atoms with Gasteiger partial charge in [0.25, 0.3) is 0 Å². The number of benzene rings is 2. The Morgan fingerprint density at radius 1 is 0.862 bits per heavy atom. The molecule has 2 aromatic carbocycles. The van der Waals surface area contributed by atoms with Gasteiger partial charge < -0.3 is 0 Å². The predicted molar refractivity (Wildman–Crippen MR) is 126 cm³/mol. The summed E-state index contributed by atoms with van der Waals surface area (Å²) in [6.45, 7) is 0. The van der Waals surface area contributed by atoms with E-state index in [-0.39, 0.29) is 10.5 Å². The van der Waals surface area contributed by atoms with Gasteiger partial charge in [0.2, 0.25) is 0 Å². The Labute approximate surface area is 195 Å². The van der Waals surface area contributed by atoms with E-state index in [4.69, 9.17) is 41.0 Å². The first-order valence-electron chi connectivity index (χ1n) is 9.80. The van der Waals surface area contributed by atoms with E-state index in [2.05, 4.69) is 42.5 Å². The molecule has 0 bridgehead atoms. The summed E-state index contributed by atoms with van der Waals surface area (Å²) in [5.41, 5.74) is 2.53. The van der Waals surface area contributed by atoms with Crippen molar-refractivity contribution in [3.8, 4) is 0 Å². The summed E-state index contributed by atoms with van der Waals surface area (Å²) in [6.07, 6.45) is 7.32. The number of fused-ring (bicyclic) bond motifs is 1. The first kappa shape index (κ1) is 23.9. The minimum atomic E-state index is -3.27. The zero-order valence-corrected chi connectivity index (χ0v) is 21.2. The van der Waals surface area contributed by atoms with Crippen molar-refractivity contribution in [2.45, 2.75) is 48.5 Å². The summed E-state index contributed by atoms with van der Waals surface area (Å²) in [4.78, 5) is 0. The molecule has 4 rings (SSSR count). The molecular weight excluding hydrogens is 510 g/mol. The molecule has 163 valence electrons. The predicted octanol–water partition coefficient (Wildman–Crippen LogP) is 8.14. The normalized spacial score (nSPS) is 31.8. The average Bonchev–Trinajstić information content (AvgIpc) is 2.69. The summed E-state index contributed by atoms with van der Waals surface area (Å²) in [5, 5.41) is 0.0565. The molecule has 0 N–H and O–H groups in total. The zero-order chi connectivity index (χ0) is 21.1. The third-order valence-electron chi connectivity index (χ3n) is 6.53. The second kappa shape index (κ2) is 9.82. The van der Waals surface area contributed by atoms with E-state index in [0.717, 1.165) is 31.2 Å². The third-order valence-corrected chi connectivity index (χ3v) is 11.7. The number of rotatable bonds is 2. The number of halogens is 4. The van der Waals surface area contributed by atoms with E-state index in [1.54, 1.807) is 0 Å². The fourth-order valence-electron chi connectivity index (χ4n) is 5.33. The van der Waals surface area contributed by atoms with E-state index < -0.39 is 19.4 Å². The molecule has 1 aliphatic heterocycles. The van der Waals surface area contributed by atoms with E-state index in [1.807, 2.05) is 24.5 Å². The Morgan fingerprint density at radius 2 is 1.34 bits per heavy atom. The van der Waals surface area contributed by atoms with Crippen LogP contribution in [0, 0.1) is 5.92 Å². The zero-order valence-electron chi connectivity index (χ0n) is 16.3. The number of hydrogen-bond donors (Lipinski definition) is 0. The molecule has 0 spiro atoms. The molecule has 1 saturated carbocycles. The topological polar surface area (TPSA) is 17.1 Å². The Morgan fingerprint density at radius 3 is 1.90 bits per heavy atom. The van der Waals surface area contributed by atoms with Crippen LogP contribution in [-0.4, -0.2) is 15.7 Å². The molecule has 1 saturated heterocycles. The van der Waals surface area contributed by atoms with Crippen LogP contribution >= 0.6 is 41.0 Å². The summed E-state index contributed by atoms with van der Waals surface area (Å²) >= 11 is -1.33. The van der Waals surface area contributed by atoms with Crippen molar-refractivity contribution in [1.29, 1.82) is 0 Å². The molecule has 2 aliphatic rings. The first-order chi connectivity index (χ1) is 13.7. The molecular formula is C22H27Cl4FeOS. The molecule has 2 aromatic rings. The van der Waals surface area contributed by atoms with Crippen LogP contribution in [0.2, 0.25) is 0 Å². The Kier molecular flexibility index (Phi) is 8.10. The van der Waals surface area contributed by atoms with Gasteiger partial charge in [0.05, 0.1) is 5.25 Å². The maximum atomic E-state index is 14.2. The Bertz CT molecular complexity index is 853. The van der Waals surface area contributed by atoms with E-state index in [9.17, 15) is 4.21 Å². The SMILES string of the molecule is CS1(=O)(Cl)C(c2ccccc2)CC(c2ccccc2)C2CCCCC21.[Cl][Fe]([Cl])[Cl]. The van der Waals surface area contributed by atoms with Gasteiger partial charge in [-0.05, 0) is 61.2 Å². The van der Waals surface area contributed by atoms with Crippen LogP contribution in [0.15, 0.2) is 60.7 Å². The van der Waals surface area contributed by atoms with Gasteiger partial charge in [0.1, 0.15) is 0 Å². The molecule has 29 heavy (non-hydrogen) atoms. The molecule has 7 heteroatoms. The molecule has 0 amide bonds. The molecule has 4 atom stereocenters. The summed E-state index contributed by atoms with van der Waals surface area (Å²) < 4.78 is 14.2. The van der Waals surface area contributed by atoms with Crippen molar-refractivity contribution < 1.29 is 15.4 Å². The van der Waals surface area contributed by atoms with Crippen LogP contribution in [0.4, 0.5) is 0 Å². The maximum absolute atomic E-state index is 14.2. The monoisotopic (exact) mass is 535 g/mol. The molecule has 0 radical (unpaired) electrons. The van der Waals surface area contributed by atoms with E-state index in [1.165, 1.54) is 12.0 Å². The van der Waals surface area contributed by atoms with Gasteiger partial charge in [-0.25, -0.2) is 0 Å². The number of hydrogen-bond acceptors (Lipinski definition) is 1. The van der Waals surface area contributed by atoms with Crippen LogP contribution in [0.1, 0.15) is 54.4 Å². The van der Waals surface area contributed by atoms with Crippen LogP contribution < -0.4 is 0 Å². The average molecular weight is 537 g/mol. The van der Waals surface area contributed by atoms with Gasteiger partial charge in [0.15, 0.2) is 0 Å².